The molecule has 1 aromatic carbocycles. The summed E-state index contributed by atoms with van der Waals surface area (Å²) < 4.78 is 4.61. The highest BCUT2D eigenvalue weighted by Gasteiger charge is 2.13. The van der Waals surface area contributed by atoms with E-state index in [9.17, 15) is 4.79 Å². The molecule has 1 N–H and O–H groups in total. The summed E-state index contributed by atoms with van der Waals surface area (Å²) in [5.74, 6) is -0.435. The fraction of sp³-hybridized carbons (Fsp3) is 0.214. The Balaban J connectivity index is 2.07. The quantitative estimate of drug-likeness (QED) is 0.691. The van der Waals surface area contributed by atoms with Gasteiger partial charge in [-0.25, -0.2) is 9.78 Å². The number of aromatic amines is 1. The highest BCUT2D eigenvalue weighted by atomic mass is 32.2. The molecule has 2 aromatic rings. The van der Waals surface area contributed by atoms with E-state index in [1.807, 2.05) is 19.1 Å². The lowest BCUT2D eigenvalue weighted by Gasteiger charge is -2.09. The van der Waals surface area contributed by atoms with Crippen LogP contribution in [0, 0.1) is 11.3 Å². The number of aromatic nitrogens is 2. The van der Waals surface area contributed by atoms with Gasteiger partial charge in [0.1, 0.15) is 5.69 Å². The molecule has 0 radical (unpaired) electrons. The SMILES string of the molecule is COC(=O)c1cnc(SC(C)c2ccc(C#N)cc2)[nH]1. The maximum atomic E-state index is 11.3. The van der Waals surface area contributed by atoms with E-state index in [0.29, 0.717) is 16.4 Å². The second kappa shape index (κ2) is 6.26. The lowest BCUT2D eigenvalue weighted by atomic mass is 10.1. The van der Waals surface area contributed by atoms with Crippen molar-refractivity contribution >= 4 is 17.7 Å². The second-order valence-electron chi connectivity index (χ2n) is 4.09. The first kappa shape index (κ1) is 14.2. The zero-order chi connectivity index (χ0) is 14.5. The van der Waals surface area contributed by atoms with Crippen LogP contribution in [0.5, 0.6) is 0 Å². The van der Waals surface area contributed by atoms with Gasteiger partial charge in [-0.2, -0.15) is 5.26 Å². The van der Waals surface area contributed by atoms with Crippen molar-refractivity contribution in [2.24, 2.45) is 0 Å². The van der Waals surface area contributed by atoms with Gasteiger partial charge in [-0.1, -0.05) is 23.9 Å². The molecule has 0 bridgehead atoms. The molecular weight excluding hydrogens is 274 g/mol. The van der Waals surface area contributed by atoms with Crippen LogP contribution in [0.25, 0.3) is 0 Å². The van der Waals surface area contributed by atoms with Crippen molar-refractivity contribution in [3.8, 4) is 6.07 Å². The van der Waals surface area contributed by atoms with Gasteiger partial charge in [-0.15, -0.1) is 0 Å². The van der Waals surface area contributed by atoms with E-state index in [-0.39, 0.29) is 5.25 Å². The lowest BCUT2D eigenvalue weighted by Crippen LogP contribution is -2.00. The highest BCUT2D eigenvalue weighted by molar-refractivity contribution is 7.99. The molecule has 0 aliphatic heterocycles. The fourth-order valence-electron chi connectivity index (χ4n) is 1.64. The summed E-state index contributed by atoms with van der Waals surface area (Å²) in [7, 11) is 1.33. The Morgan fingerprint density at radius 2 is 2.15 bits per heavy atom. The van der Waals surface area contributed by atoms with E-state index in [2.05, 4.69) is 20.8 Å². The minimum Gasteiger partial charge on any atom is -0.464 e. The molecule has 0 amide bonds. The molecule has 2 rings (SSSR count). The standard InChI is InChI=1S/C14H13N3O2S/c1-9(11-5-3-10(7-15)4-6-11)20-14-16-8-12(17-14)13(18)19-2/h3-6,8-9H,1-2H3,(H,16,17). The van der Waals surface area contributed by atoms with Gasteiger partial charge in [0, 0.05) is 5.25 Å². The van der Waals surface area contributed by atoms with Crippen LogP contribution < -0.4 is 0 Å². The summed E-state index contributed by atoms with van der Waals surface area (Å²) in [6.07, 6.45) is 1.46. The zero-order valence-corrected chi connectivity index (χ0v) is 11.9. The van der Waals surface area contributed by atoms with E-state index >= 15 is 0 Å². The molecule has 1 heterocycles. The number of nitriles is 1. The number of carbonyl (C=O) groups is 1. The lowest BCUT2D eigenvalue weighted by molar-refractivity contribution is 0.0594. The Kier molecular flexibility index (Phi) is 4.43. The summed E-state index contributed by atoms with van der Waals surface area (Å²) in [5.41, 5.74) is 2.06. The average Bonchev–Trinajstić information content (AvgIpc) is 2.95. The third-order valence-corrected chi connectivity index (χ3v) is 3.81. The number of methoxy groups -OCH3 is 1. The van der Waals surface area contributed by atoms with Crippen LogP contribution in [-0.4, -0.2) is 23.0 Å². The molecule has 20 heavy (non-hydrogen) atoms. The van der Waals surface area contributed by atoms with E-state index in [0.717, 1.165) is 5.56 Å². The number of benzene rings is 1. The van der Waals surface area contributed by atoms with Crippen molar-refractivity contribution in [2.45, 2.75) is 17.3 Å². The van der Waals surface area contributed by atoms with Crippen molar-refractivity contribution < 1.29 is 9.53 Å². The Morgan fingerprint density at radius 3 is 2.75 bits per heavy atom. The minimum absolute atomic E-state index is 0.152. The largest absolute Gasteiger partial charge is 0.464 e. The molecule has 6 heteroatoms. The van der Waals surface area contributed by atoms with Crippen LogP contribution in [0.1, 0.15) is 33.8 Å². The van der Waals surface area contributed by atoms with E-state index in [1.54, 1.807) is 12.1 Å². The van der Waals surface area contributed by atoms with Crippen LogP contribution in [0.4, 0.5) is 0 Å². The van der Waals surface area contributed by atoms with Gasteiger partial charge in [-0.05, 0) is 24.6 Å². The topological polar surface area (TPSA) is 78.8 Å². The number of thioether (sulfide) groups is 1. The van der Waals surface area contributed by atoms with Crippen LogP contribution >= 0.6 is 11.8 Å². The Hall–Kier alpha value is -2.26. The molecule has 1 unspecified atom stereocenters. The molecule has 0 saturated carbocycles. The van der Waals surface area contributed by atoms with Crippen molar-refractivity contribution in [3.05, 3.63) is 47.3 Å². The number of rotatable bonds is 4. The van der Waals surface area contributed by atoms with Crippen LogP contribution in [-0.2, 0) is 4.74 Å². The third kappa shape index (κ3) is 3.19. The van der Waals surface area contributed by atoms with Gasteiger partial charge in [0.15, 0.2) is 5.16 Å². The number of hydrogen-bond donors (Lipinski definition) is 1. The summed E-state index contributed by atoms with van der Waals surface area (Å²) in [4.78, 5) is 18.4. The number of hydrogen-bond acceptors (Lipinski definition) is 5. The summed E-state index contributed by atoms with van der Waals surface area (Å²) in [6, 6.07) is 9.49. The molecule has 0 spiro atoms. The molecule has 1 aromatic heterocycles. The monoisotopic (exact) mass is 287 g/mol. The van der Waals surface area contributed by atoms with Gasteiger partial charge < -0.3 is 9.72 Å². The number of nitrogens with zero attached hydrogens (tertiary/aromatic N) is 2. The molecule has 0 aliphatic rings. The van der Waals surface area contributed by atoms with Gasteiger partial charge in [0.25, 0.3) is 0 Å². The van der Waals surface area contributed by atoms with E-state index < -0.39 is 5.97 Å². The van der Waals surface area contributed by atoms with Gasteiger partial charge in [-0.3, -0.25) is 0 Å². The molecule has 5 nitrogen and oxygen atoms in total. The Bertz CT molecular complexity index is 643. The molecule has 0 fully saturated rings. The Morgan fingerprint density at radius 1 is 1.45 bits per heavy atom. The van der Waals surface area contributed by atoms with Gasteiger partial charge >= 0.3 is 5.97 Å². The number of ether oxygens (including phenoxy) is 1. The molecule has 0 saturated heterocycles. The maximum absolute atomic E-state index is 11.3. The molecule has 102 valence electrons. The number of carbonyl (C=O) groups excluding carboxylic acids is 1. The van der Waals surface area contributed by atoms with Crippen molar-refractivity contribution in [3.63, 3.8) is 0 Å². The first-order chi connectivity index (χ1) is 9.63. The molecule has 1 atom stereocenters. The molecular formula is C14H13N3O2S. The van der Waals surface area contributed by atoms with Crippen LogP contribution in [0.2, 0.25) is 0 Å². The first-order valence-corrected chi connectivity index (χ1v) is 6.82. The van der Waals surface area contributed by atoms with E-state index in [4.69, 9.17) is 5.26 Å². The molecule has 0 aliphatic carbocycles. The number of H-pyrrole nitrogens is 1. The number of nitrogens with one attached hydrogen (secondary N) is 1. The summed E-state index contributed by atoms with van der Waals surface area (Å²) >= 11 is 1.50. The summed E-state index contributed by atoms with van der Waals surface area (Å²) in [6.45, 7) is 2.03. The van der Waals surface area contributed by atoms with Crippen molar-refractivity contribution in [2.75, 3.05) is 7.11 Å². The number of imidazole rings is 1. The average molecular weight is 287 g/mol. The number of esters is 1. The highest BCUT2D eigenvalue weighted by Crippen LogP contribution is 2.32. The fourth-order valence-corrected chi connectivity index (χ4v) is 2.55. The second-order valence-corrected chi connectivity index (χ2v) is 5.42. The first-order valence-electron chi connectivity index (χ1n) is 5.94. The van der Waals surface area contributed by atoms with Crippen LogP contribution in [0.3, 0.4) is 0 Å². The summed E-state index contributed by atoms with van der Waals surface area (Å²) in [5, 5.41) is 9.57. The normalized spacial score (nSPS) is 11.7. The Labute approximate surface area is 121 Å². The predicted octanol–water partition coefficient (Wildman–Crippen LogP) is 2.92. The minimum atomic E-state index is -0.435. The predicted molar refractivity (Wildman–Crippen MR) is 75.4 cm³/mol. The smallest absolute Gasteiger partial charge is 0.356 e. The van der Waals surface area contributed by atoms with Crippen molar-refractivity contribution in [1.82, 2.24) is 9.97 Å². The van der Waals surface area contributed by atoms with Gasteiger partial charge in [0.2, 0.25) is 0 Å². The third-order valence-electron chi connectivity index (χ3n) is 2.76. The van der Waals surface area contributed by atoms with Gasteiger partial charge in [0.05, 0.1) is 24.9 Å². The zero-order valence-electron chi connectivity index (χ0n) is 11.1. The van der Waals surface area contributed by atoms with E-state index in [1.165, 1.54) is 25.1 Å². The van der Waals surface area contributed by atoms with Crippen LogP contribution in [0.15, 0.2) is 35.6 Å². The van der Waals surface area contributed by atoms with Crippen molar-refractivity contribution in [1.29, 1.82) is 5.26 Å². The maximum Gasteiger partial charge on any atom is 0.356 e.